The Kier molecular flexibility index (Phi) is 4.40. The fourth-order valence-electron chi connectivity index (χ4n) is 2.10. The molecule has 0 aliphatic heterocycles. The highest BCUT2D eigenvalue weighted by Gasteiger charge is 2.10. The van der Waals surface area contributed by atoms with Crippen LogP contribution in [0.4, 0.5) is 10.1 Å². The van der Waals surface area contributed by atoms with Crippen LogP contribution in [0.1, 0.15) is 11.1 Å². The molecule has 2 rings (SSSR count). The van der Waals surface area contributed by atoms with E-state index in [4.69, 9.17) is 17.3 Å². The van der Waals surface area contributed by atoms with Crippen molar-refractivity contribution in [3.05, 3.63) is 64.4 Å². The van der Waals surface area contributed by atoms with Crippen LogP contribution in [0.25, 0.3) is 0 Å². The average Bonchev–Trinajstić information content (AvgIpc) is 2.38. The Morgan fingerprint density at radius 2 is 1.95 bits per heavy atom. The fourth-order valence-corrected chi connectivity index (χ4v) is 2.35. The van der Waals surface area contributed by atoms with Crippen molar-refractivity contribution >= 4 is 17.3 Å². The van der Waals surface area contributed by atoms with Gasteiger partial charge in [0.1, 0.15) is 5.82 Å². The predicted molar refractivity (Wildman–Crippen MR) is 77.9 cm³/mol. The molecule has 0 heterocycles. The lowest BCUT2D eigenvalue weighted by Crippen LogP contribution is -2.19. The number of anilines is 1. The van der Waals surface area contributed by atoms with Gasteiger partial charge >= 0.3 is 0 Å². The lowest BCUT2D eigenvalue weighted by atomic mass is 10.1. The SMILES string of the molecule is CN(Cc1cccc(F)c1)c1cccc(Cl)c1CN. The standard InChI is InChI=1S/C15H16ClFN2/c1-19(10-11-4-2-5-12(17)8-11)15-7-3-6-14(16)13(15)9-18/h2-8H,9-10,18H2,1H3. The van der Waals surface area contributed by atoms with E-state index in [1.54, 1.807) is 6.07 Å². The maximum atomic E-state index is 13.2. The molecule has 0 unspecified atom stereocenters. The van der Waals surface area contributed by atoms with E-state index >= 15 is 0 Å². The van der Waals surface area contributed by atoms with E-state index < -0.39 is 0 Å². The summed E-state index contributed by atoms with van der Waals surface area (Å²) in [7, 11) is 1.94. The van der Waals surface area contributed by atoms with Gasteiger partial charge in [-0.1, -0.05) is 29.8 Å². The quantitative estimate of drug-likeness (QED) is 0.926. The molecule has 0 saturated carbocycles. The zero-order valence-corrected chi connectivity index (χ0v) is 11.5. The summed E-state index contributed by atoms with van der Waals surface area (Å²) in [6.45, 7) is 0.980. The van der Waals surface area contributed by atoms with Gasteiger partial charge in [0, 0.05) is 36.4 Å². The maximum absolute atomic E-state index is 13.2. The lowest BCUT2D eigenvalue weighted by Gasteiger charge is -2.23. The van der Waals surface area contributed by atoms with E-state index in [0.29, 0.717) is 18.1 Å². The maximum Gasteiger partial charge on any atom is 0.123 e. The van der Waals surface area contributed by atoms with Gasteiger partial charge in [0.25, 0.3) is 0 Å². The minimum atomic E-state index is -0.226. The second-order valence-electron chi connectivity index (χ2n) is 4.43. The Hall–Kier alpha value is -1.58. The third-order valence-corrected chi connectivity index (χ3v) is 3.37. The van der Waals surface area contributed by atoms with Crippen LogP contribution in [0.15, 0.2) is 42.5 Å². The van der Waals surface area contributed by atoms with Crippen LogP contribution < -0.4 is 10.6 Å². The van der Waals surface area contributed by atoms with Crippen LogP contribution in [0.3, 0.4) is 0 Å². The highest BCUT2D eigenvalue weighted by Crippen LogP contribution is 2.27. The molecule has 0 amide bonds. The van der Waals surface area contributed by atoms with Crippen LogP contribution in [0, 0.1) is 5.82 Å². The number of rotatable bonds is 4. The molecule has 0 aliphatic rings. The van der Waals surface area contributed by atoms with E-state index in [0.717, 1.165) is 16.8 Å². The van der Waals surface area contributed by atoms with Gasteiger partial charge in [-0.05, 0) is 29.8 Å². The van der Waals surface area contributed by atoms with E-state index in [1.807, 2.05) is 36.2 Å². The summed E-state index contributed by atoms with van der Waals surface area (Å²) >= 11 is 6.14. The van der Waals surface area contributed by atoms with Crippen LogP contribution in [0.5, 0.6) is 0 Å². The molecule has 4 heteroatoms. The first kappa shape index (κ1) is 13.8. The van der Waals surface area contributed by atoms with E-state index in [-0.39, 0.29) is 5.82 Å². The minimum absolute atomic E-state index is 0.226. The largest absolute Gasteiger partial charge is 0.370 e. The first-order valence-corrected chi connectivity index (χ1v) is 6.42. The molecule has 2 N–H and O–H groups in total. The Morgan fingerprint density at radius 1 is 1.21 bits per heavy atom. The molecule has 2 aromatic rings. The summed E-state index contributed by atoms with van der Waals surface area (Å²) in [5.74, 6) is -0.226. The van der Waals surface area contributed by atoms with E-state index in [1.165, 1.54) is 12.1 Å². The van der Waals surface area contributed by atoms with Crippen molar-refractivity contribution in [2.75, 3.05) is 11.9 Å². The van der Waals surface area contributed by atoms with Crippen LogP contribution in [-0.4, -0.2) is 7.05 Å². The molecular formula is C15H16ClFN2. The van der Waals surface area contributed by atoms with E-state index in [9.17, 15) is 4.39 Å². The smallest absolute Gasteiger partial charge is 0.123 e. The van der Waals surface area contributed by atoms with Crippen molar-refractivity contribution in [2.24, 2.45) is 5.73 Å². The second kappa shape index (κ2) is 6.04. The summed E-state index contributed by atoms with van der Waals surface area (Å²) < 4.78 is 13.2. The number of nitrogens with two attached hydrogens (primary N) is 1. The summed E-state index contributed by atoms with van der Waals surface area (Å²) in [6, 6.07) is 12.2. The number of benzene rings is 2. The fraction of sp³-hybridized carbons (Fsp3) is 0.200. The third-order valence-electron chi connectivity index (χ3n) is 3.02. The van der Waals surface area contributed by atoms with Gasteiger partial charge in [0.05, 0.1) is 0 Å². The Balaban J connectivity index is 2.25. The Labute approximate surface area is 117 Å². The predicted octanol–water partition coefficient (Wildman–Crippen LogP) is 3.57. The normalized spacial score (nSPS) is 10.5. The van der Waals surface area contributed by atoms with E-state index in [2.05, 4.69) is 0 Å². The van der Waals surface area contributed by atoms with Gasteiger partial charge in [-0.15, -0.1) is 0 Å². The summed E-state index contributed by atoms with van der Waals surface area (Å²) in [4.78, 5) is 2.02. The summed E-state index contributed by atoms with van der Waals surface area (Å²) in [5.41, 5.74) is 8.52. The summed E-state index contributed by atoms with van der Waals surface area (Å²) in [5, 5.41) is 0.658. The van der Waals surface area contributed by atoms with Crippen molar-refractivity contribution in [2.45, 2.75) is 13.1 Å². The molecule has 0 fully saturated rings. The number of nitrogens with zero attached hydrogens (tertiary/aromatic N) is 1. The Morgan fingerprint density at radius 3 is 2.63 bits per heavy atom. The molecule has 0 atom stereocenters. The lowest BCUT2D eigenvalue weighted by molar-refractivity contribution is 0.625. The van der Waals surface area contributed by atoms with Crippen molar-refractivity contribution in [3.63, 3.8) is 0 Å². The van der Waals surface area contributed by atoms with Crippen LogP contribution in [0.2, 0.25) is 5.02 Å². The molecule has 0 bridgehead atoms. The van der Waals surface area contributed by atoms with Crippen molar-refractivity contribution in [1.29, 1.82) is 0 Å². The van der Waals surface area contributed by atoms with Gasteiger partial charge < -0.3 is 10.6 Å². The molecule has 0 aromatic heterocycles. The Bertz CT molecular complexity index is 572. The van der Waals surface area contributed by atoms with Gasteiger partial charge in [0.2, 0.25) is 0 Å². The first-order valence-electron chi connectivity index (χ1n) is 6.05. The molecule has 0 radical (unpaired) electrons. The molecule has 19 heavy (non-hydrogen) atoms. The average molecular weight is 279 g/mol. The van der Waals surface area contributed by atoms with Gasteiger partial charge in [0.15, 0.2) is 0 Å². The molecule has 2 aromatic carbocycles. The third kappa shape index (κ3) is 3.25. The van der Waals surface area contributed by atoms with Crippen LogP contribution >= 0.6 is 11.6 Å². The second-order valence-corrected chi connectivity index (χ2v) is 4.83. The molecular weight excluding hydrogens is 263 g/mol. The highest BCUT2D eigenvalue weighted by atomic mass is 35.5. The topological polar surface area (TPSA) is 29.3 Å². The van der Waals surface area contributed by atoms with Crippen molar-refractivity contribution in [3.8, 4) is 0 Å². The van der Waals surface area contributed by atoms with Gasteiger partial charge in [-0.2, -0.15) is 0 Å². The van der Waals surface area contributed by atoms with Gasteiger partial charge in [-0.25, -0.2) is 4.39 Å². The van der Waals surface area contributed by atoms with Crippen molar-refractivity contribution in [1.82, 2.24) is 0 Å². The highest BCUT2D eigenvalue weighted by molar-refractivity contribution is 6.31. The zero-order chi connectivity index (χ0) is 13.8. The van der Waals surface area contributed by atoms with Gasteiger partial charge in [-0.3, -0.25) is 0 Å². The summed E-state index contributed by atoms with van der Waals surface area (Å²) in [6.07, 6.45) is 0. The monoisotopic (exact) mass is 278 g/mol. The zero-order valence-electron chi connectivity index (χ0n) is 10.7. The first-order chi connectivity index (χ1) is 9.11. The number of hydrogen-bond donors (Lipinski definition) is 1. The molecule has 100 valence electrons. The molecule has 2 nitrogen and oxygen atoms in total. The number of halogens is 2. The molecule has 0 spiro atoms. The van der Waals surface area contributed by atoms with Crippen molar-refractivity contribution < 1.29 is 4.39 Å². The molecule has 0 aliphatic carbocycles. The molecule has 0 saturated heterocycles. The number of hydrogen-bond acceptors (Lipinski definition) is 2. The van der Waals surface area contributed by atoms with Crippen LogP contribution in [-0.2, 0) is 13.1 Å². The minimum Gasteiger partial charge on any atom is -0.370 e.